The van der Waals surface area contributed by atoms with E-state index >= 15 is 0 Å². The summed E-state index contributed by atoms with van der Waals surface area (Å²) in [6, 6.07) is 21.9. The Bertz CT molecular complexity index is 1510. The average Bonchev–Trinajstić information content (AvgIpc) is 3.43. The lowest BCUT2D eigenvalue weighted by Gasteiger charge is -2.31. The molecule has 3 N–H and O–H groups in total. The lowest BCUT2D eigenvalue weighted by molar-refractivity contribution is -0.155. The van der Waals surface area contributed by atoms with Crippen molar-refractivity contribution in [3.8, 4) is 11.5 Å². The van der Waals surface area contributed by atoms with Crippen molar-refractivity contribution in [2.24, 2.45) is 4.99 Å². The van der Waals surface area contributed by atoms with Crippen LogP contribution in [0.5, 0.6) is 11.5 Å². The molecular weight excluding hydrogens is 610 g/mol. The van der Waals surface area contributed by atoms with Crippen LogP contribution in [0.25, 0.3) is 0 Å². The normalized spacial score (nSPS) is 17.5. The fraction of sp³-hybridized carbons (Fsp3) is 0.400. The zero-order valence-electron chi connectivity index (χ0n) is 26.7. The van der Waals surface area contributed by atoms with Gasteiger partial charge in [-0.15, -0.1) is 0 Å². The number of carbonyl (C=O) groups excluding carboxylic acids is 2. The smallest absolute Gasteiger partial charge is 0.306 e. The number of rotatable bonds is 15. The van der Waals surface area contributed by atoms with Crippen LogP contribution in [0, 0.1) is 0 Å². The number of nitrogens with zero attached hydrogens (tertiary/aromatic N) is 1. The number of aliphatic hydroxyl groups is 1. The van der Waals surface area contributed by atoms with Crippen molar-refractivity contribution >= 4 is 29.4 Å². The zero-order valence-corrected chi connectivity index (χ0v) is 27.4. The van der Waals surface area contributed by atoms with Gasteiger partial charge in [0.2, 0.25) is 5.90 Å². The van der Waals surface area contributed by atoms with Gasteiger partial charge >= 0.3 is 5.97 Å². The first-order chi connectivity index (χ1) is 22.0. The first-order valence-corrected chi connectivity index (χ1v) is 15.7. The number of carbonyl (C=O) groups is 2. The van der Waals surface area contributed by atoms with Crippen LogP contribution in [0.15, 0.2) is 77.8 Å². The predicted octanol–water partition coefficient (Wildman–Crippen LogP) is 5.35. The summed E-state index contributed by atoms with van der Waals surface area (Å²) < 4.78 is 23.2. The third kappa shape index (κ3) is 9.22. The highest BCUT2D eigenvalue weighted by Gasteiger charge is 2.53. The van der Waals surface area contributed by atoms with Crippen LogP contribution in [0.2, 0.25) is 5.02 Å². The first kappa shape index (κ1) is 34.7. The minimum atomic E-state index is -1.55. The quantitative estimate of drug-likeness (QED) is 0.114. The largest absolute Gasteiger partial charge is 0.497 e. The number of amides is 1. The number of methoxy groups -OCH3 is 1. The molecule has 46 heavy (non-hydrogen) atoms. The highest BCUT2D eigenvalue weighted by atomic mass is 35.5. The van der Waals surface area contributed by atoms with Gasteiger partial charge in [-0.05, 0) is 87.2 Å². The second-order valence-electron chi connectivity index (χ2n) is 11.9. The zero-order chi connectivity index (χ0) is 33.2. The van der Waals surface area contributed by atoms with Gasteiger partial charge in [0, 0.05) is 36.6 Å². The minimum Gasteiger partial charge on any atom is -0.497 e. The van der Waals surface area contributed by atoms with Crippen molar-refractivity contribution in [1.82, 2.24) is 10.9 Å². The summed E-state index contributed by atoms with van der Waals surface area (Å²) in [5.74, 6) is 0.519. The van der Waals surface area contributed by atoms with Gasteiger partial charge in [0.05, 0.1) is 13.7 Å². The summed E-state index contributed by atoms with van der Waals surface area (Å²) in [4.78, 5) is 32.1. The van der Waals surface area contributed by atoms with Crippen LogP contribution in [0.1, 0.15) is 62.8 Å². The maximum absolute atomic E-state index is 14.2. The standard InChI is InChI=1S/C35H42ClN3O7/c1-34(2,3)46-30(41)17-19-35(33(42)39-37-20-18-24-9-5-6-12-29(24)36)31(26-10-7-11-28(23-26)43-4)45-32(38-35)25-13-15-27(16-14-25)44-22-8-21-40/h5-7,9-16,23,31,37,40H,8,17-22H2,1-4H3,(H,39,42)/t31-,35-/m0/s1. The summed E-state index contributed by atoms with van der Waals surface area (Å²) in [6.07, 6.45) is 0.116. The molecule has 11 heteroatoms. The van der Waals surface area contributed by atoms with Crippen LogP contribution >= 0.6 is 11.6 Å². The van der Waals surface area contributed by atoms with Gasteiger partial charge in [0.25, 0.3) is 5.91 Å². The van der Waals surface area contributed by atoms with Crippen molar-refractivity contribution in [1.29, 1.82) is 0 Å². The molecule has 0 saturated heterocycles. The monoisotopic (exact) mass is 651 g/mol. The molecule has 2 atom stereocenters. The summed E-state index contributed by atoms with van der Waals surface area (Å²) >= 11 is 6.31. The summed E-state index contributed by atoms with van der Waals surface area (Å²) in [5.41, 5.74) is 5.80. The van der Waals surface area contributed by atoms with Crippen LogP contribution < -0.4 is 20.3 Å². The maximum Gasteiger partial charge on any atom is 0.306 e. The highest BCUT2D eigenvalue weighted by molar-refractivity contribution is 6.31. The molecule has 246 valence electrons. The van der Waals surface area contributed by atoms with E-state index in [1.807, 2.05) is 36.4 Å². The molecule has 0 aromatic heterocycles. The van der Waals surface area contributed by atoms with E-state index in [-0.39, 0.29) is 25.3 Å². The molecule has 0 aliphatic carbocycles. The second kappa shape index (κ2) is 15.9. The number of hydrogen-bond donors (Lipinski definition) is 3. The fourth-order valence-corrected chi connectivity index (χ4v) is 5.24. The Hall–Kier alpha value is -4.12. The van der Waals surface area contributed by atoms with E-state index in [1.165, 1.54) is 0 Å². The maximum atomic E-state index is 14.2. The van der Waals surface area contributed by atoms with Gasteiger partial charge in [-0.1, -0.05) is 41.9 Å². The SMILES string of the molecule is COc1cccc([C@@H]2OC(c3ccc(OCCCO)cc3)=N[C@]2(CCC(=O)OC(C)(C)C)C(=O)NNCCc2ccccc2Cl)c1. The van der Waals surface area contributed by atoms with Gasteiger partial charge in [-0.25, -0.2) is 10.4 Å². The van der Waals surface area contributed by atoms with Crippen LogP contribution in [0.3, 0.4) is 0 Å². The Morgan fingerprint density at radius 3 is 2.50 bits per heavy atom. The third-order valence-electron chi connectivity index (χ3n) is 7.24. The van der Waals surface area contributed by atoms with Crippen molar-refractivity contribution in [3.63, 3.8) is 0 Å². The minimum absolute atomic E-state index is 0.00761. The van der Waals surface area contributed by atoms with Gasteiger partial charge in [0.1, 0.15) is 17.1 Å². The molecule has 10 nitrogen and oxygen atoms in total. The number of benzene rings is 3. The summed E-state index contributed by atoms with van der Waals surface area (Å²) in [7, 11) is 1.56. The van der Waals surface area contributed by atoms with E-state index in [4.69, 9.17) is 40.6 Å². The van der Waals surface area contributed by atoms with Crippen LogP contribution in [-0.4, -0.2) is 60.9 Å². The van der Waals surface area contributed by atoms with Gasteiger partial charge < -0.3 is 24.1 Å². The molecule has 0 bridgehead atoms. The number of aliphatic imine (C=N–C) groups is 1. The predicted molar refractivity (Wildman–Crippen MR) is 176 cm³/mol. The molecule has 0 saturated carbocycles. The first-order valence-electron chi connectivity index (χ1n) is 15.3. The summed E-state index contributed by atoms with van der Waals surface area (Å²) in [6.45, 7) is 6.19. The Labute approximate surface area is 275 Å². The van der Waals surface area contributed by atoms with Crippen molar-refractivity contribution < 1.29 is 33.6 Å². The Morgan fingerprint density at radius 2 is 1.80 bits per heavy atom. The van der Waals surface area contributed by atoms with Gasteiger partial charge in [0.15, 0.2) is 11.6 Å². The average molecular weight is 652 g/mol. The summed E-state index contributed by atoms with van der Waals surface area (Å²) in [5, 5.41) is 9.70. The Kier molecular flexibility index (Phi) is 12.0. The van der Waals surface area contributed by atoms with E-state index in [2.05, 4.69) is 10.9 Å². The number of hydrogen-bond acceptors (Lipinski definition) is 9. The molecule has 1 heterocycles. The number of halogens is 1. The molecule has 3 aromatic rings. The molecule has 1 amide bonds. The van der Waals surface area contributed by atoms with Crippen LogP contribution in [-0.2, 0) is 25.5 Å². The van der Waals surface area contributed by atoms with E-state index in [0.717, 1.165) is 5.56 Å². The van der Waals surface area contributed by atoms with Gasteiger partial charge in [-0.2, -0.15) is 0 Å². The van der Waals surface area contributed by atoms with Crippen molar-refractivity contribution in [2.45, 2.75) is 63.7 Å². The molecule has 0 fully saturated rings. The molecular formula is C35H42ClN3O7. The number of hydrazine groups is 1. The van der Waals surface area contributed by atoms with Gasteiger partial charge in [-0.3, -0.25) is 15.0 Å². The van der Waals surface area contributed by atoms with E-state index in [9.17, 15) is 9.59 Å². The number of ether oxygens (including phenoxy) is 4. The molecule has 4 rings (SSSR count). The topological polar surface area (TPSA) is 128 Å². The molecule has 1 aliphatic heterocycles. The Balaban J connectivity index is 1.67. The van der Waals surface area contributed by atoms with E-state index in [0.29, 0.717) is 53.6 Å². The van der Waals surface area contributed by atoms with Crippen molar-refractivity contribution in [3.05, 3.63) is 94.5 Å². The molecule has 0 radical (unpaired) electrons. The van der Waals surface area contributed by atoms with E-state index < -0.39 is 29.1 Å². The lowest BCUT2D eigenvalue weighted by Crippen LogP contribution is -2.53. The number of nitrogens with one attached hydrogen (secondary N) is 2. The highest BCUT2D eigenvalue weighted by Crippen LogP contribution is 2.44. The van der Waals surface area contributed by atoms with Crippen molar-refractivity contribution in [2.75, 3.05) is 26.9 Å². The molecule has 0 unspecified atom stereocenters. The Morgan fingerprint density at radius 1 is 1.04 bits per heavy atom. The second-order valence-corrected chi connectivity index (χ2v) is 12.3. The number of aliphatic hydroxyl groups excluding tert-OH is 1. The third-order valence-corrected chi connectivity index (χ3v) is 7.60. The van der Waals surface area contributed by atoms with Crippen LogP contribution in [0.4, 0.5) is 0 Å². The molecule has 3 aromatic carbocycles. The molecule has 0 spiro atoms. The van der Waals surface area contributed by atoms with E-state index in [1.54, 1.807) is 64.3 Å². The molecule has 1 aliphatic rings. The fourth-order valence-electron chi connectivity index (χ4n) is 5.01. The lowest BCUT2D eigenvalue weighted by atomic mass is 9.83. The number of esters is 1.